The molecule has 19 heavy (non-hydrogen) atoms. The van der Waals surface area contributed by atoms with E-state index in [4.69, 9.17) is 9.94 Å². The van der Waals surface area contributed by atoms with E-state index in [1.54, 1.807) is 6.92 Å². The van der Waals surface area contributed by atoms with Gasteiger partial charge in [0.2, 0.25) is 0 Å². The summed E-state index contributed by atoms with van der Waals surface area (Å²) in [4.78, 5) is 0. The molecule has 0 bridgehead atoms. The molecule has 0 radical (unpaired) electrons. The van der Waals surface area contributed by atoms with Gasteiger partial charge in [0.05, 0.1) is 5.71 Å². The van der Waals surface area contributed by atoms with Gasteiger partial charge in [-0.15, -0.1) is 0 Å². The molecule has 2 aromatic carbocycles. The maximum Gasteiger partial charge on any atom is 0.129 e. The summed E-state index contributed by atoms with van der Waals surface area (Å²) in [5.74, 6) is 0.717. The zero-order chi connectivity index (χ0) is 13.7. The number of nitrogens with zero attached hydrogens (tertiary/aromatic N) is 1. The van der Waals surface area contributed by atoms with Crippen LogP contribution in [0.25, 0.3) is 0 Å². The summed E-state index contributed by atoms with van der Waals surface area (Å²) in [6.07, 6.45) is -0.0613. The summed E-state index contributed by atoms with van der Waals surface area (Å²) in [6, 6.07) is 17.6. The van der Waals surface area contributed by atoms with Gasteiger partial charge in [-0.3, -0.25) is 0 Å². The molecule has 0 spiro atoms. The summed E-state index contributed by atoms with van der Waals surface area (Å²) in [6.45, 7) is 3.74. The quantitative estimate of drug-likeness (QED) is 0.509. The Bertz CT molecular complexity index is 564. The zero-order valence-corrected chi connectivity index (χ0v) is 11.1. The molecule has 1 unspecified atom stereocenters. The Kier molecular flexibility index (Phi) is 4.18. The van der Waals surface area contributed by atoms with Gasteiger partial charge < -0.3 is 9.94 Å². The molecule has 2 aromatic rings. The minimum absolute atomic E-state index is 0.0613. The highest BCUT2D eigenvalue weighted by Gasteiger charge is 2.11. The monoisotopic (exact) mass is 255 g/mol. The number of hydrogen-bond acceptors (Lipinski definition) is 3. The second kappa shape index (κ2) is 6.05. The van der Waals surface area contributed by atoms with Crippen LogP contribution in [0.1, 0.15) is 31.1 Å². The van der Waals surface area contributed by atoms with Gasteiger partial charge in [0.15, 0.2) is 0 Å². The summed E-state index contributed by atoms with van der Waals surface area (Å²) in [5.41, 5.74) is 2.44. The van der Waals surface area contributed by atoms with Gasteiger partial charge in [-0.05, 0) is 31.5 Å². The first-order valence-corrected chi connectivity index (χ1v) is 6.22. The third-order valence-corrected chi connectivity index (χ3v) is 3.00. The average Bonchev–Trinajstić information content (AvgIpc) is 2.48. The fraction of sp³-hybridized carbons (Fsp3) is 0.188. The first kappa shape index (κ1) is 13.1. The van der Waals surface area contributed by atoms with Crippen molar-refractivity contribution < 1.29 is 9.94 Å². The van der Waals surface area contributed by atoms with E-state index in [0.717, 1.165) is 11.1 Å². The van der Waals surface area contributed by atoms with Crippen molar-refractivity contribution in [3.8, 4) is 5.75 Å². The minimum Gasteiger partial charge on any atom is -0.485 e. The third kappa shape index (κ3) is 3.13. The Morgan fingerprint density at radius 3 is 2.37 bits per heavy atom. The highest BCUT2D eigenvalue weighted by molar-refractivity contribution is 6.00. The van der Waals surface area contributed by atoms with Crippen molar-refractivity contribution in [1.82, 2.24) is 0 Å². The van der Waals surface area contributed by atoms with Gasteiger partial charge >= 0.3 is 0 Å². The first-order valence-electron chi connectivity index (χ1n) is 6.22. The molecule has 0 saturated heterocycles. The number of rotatable bonds is 4. The smallest absolute Gasteiger partial charge is 0.129 e. The SMILES string of the molecule is CC(=NO)c1ccccc1OC(C)c1ccccc1. The molecule has 3 heteroatoms. The molecule has 0 amide bonds. The molecule has 0 aliphatic carbocycles. The van der Waals surface area contributed by atoms with E-state index in [1.807, 2.05) is 61.5 Å². The Labute approximate surface area is 113 Å². The van der Waals surface area contributed by atoms with Crippen molar-refractivity contribution in [1.29, 1.82) is 0 Å². The molecule has 2 rings (SSSR count). The van der Waals surface area contributed by atoms with Crippen LogP contribution in [0.2, 0.25) is 0 Å². The Morgan fingerprint density at radius 2 is 1.68 bits per heavy atom. The van der Waals surface area contributed by atoms with Gasteiger partial charge in [0, 0.05) is 5.56 Å². The lowest BCUT2D eigenvalue weighted by molar-refractivity contribution is 0.226. The van der Waals surface area contributed by atoms with Crippen LogP contribution in [0.5, 0.6) is 5.75 Å². The Hall–Kier alpha value is -2.29. The zero-order valence-electron chi connectivity index (χ0n) is 11.1. The summed E-state index contributed by atoms with van der Waals surface area (Å²) < 4.78 is 5.96. The van der Waals surface area contributed by atoms with Crippen LogP contribution in [-0.2, 0) is 0 Å². The first-order chi connectivity index (χ1) is 9.22. The van der Waals surface area contributed by atoms with Crippen LogP contribution in [0.4, 0.5) is 0 Å². The van der Waals surface area contributed by atoms with E-state index in [9.17, 15) is 0 Å². The van der Waals surface area contributed by atoms with Crippen LogP contribution in [0.15, 0.2) is 59.8 Å². The van der Waals surface area contributed by atoms with E-state index in [0.29, 0.717) is 11.5 Å². The predicted molar refractivity (Wildman–Crippen MR) is 75.9 cm³/mol. The molecule has 1 atom stereocenters. The number of benzene rings is 2. The summed E-state index contributed by atoms with van der Waals surface area (Å²) in [5, 5.41) is 12.1. The minimum atomic E-state index is -0.0613. The molecular weight excluding hydrogens is 238 g/mol. The van der Waals surface area contributed by atoms with Gasteiger partial charge in [0.1, 0.15) is 11.9 Å². The largest absolute Gasteiger partial charge is 0.485 e. The maximum atomic E-state index is 8.90. The third-order valence-electron chi connectivity index (χ3n) is 3.00. The molecule has 0 heterocycles. The Morgan fingerprint density at radius 1 is 1.05 bits per heavy atom. The van der Waals surface area contributed by atoms with E-state index >= 15 is 0 Å². The summed E-state index contributed by atoms with van der Waals surface area (Å²) >= 11 is 0. The number of para-hydroxylation sites is 1. The van der Waals surface area contributed by atoms with Crippen LogP contribution in [0, 0.1) is 0 Å². The molecule has 0 aliphatic rings. The van der Waals surface area contributed by atoms with Crippen LogP contribution < -0.4 is 4.74 Å². The fourth-order valence-electron chi connectivity index (χ4n) is 1.90. The van der Waals surface area contributed by atoms with E-state index in [-0.39, 0.29) is 6.10 Å². The lowest BCUT2D eigenvalue weighted by atomic mass is 10.1. The number of ether oxygens (including phenoxy) is 1. The lowest BCUT2D eigenvalue weighted by Gasteiger charge is -2.17. The van der Waals surface area contributed by atoms with Gasteiger partial charge in [-0.25, -0.2) is 0 Å². The molecule has 98 valence electrons. The van der Waals surface area contributed by atoms with Crippen molar-refractivity contribution in [3.63, 3.8) is 0 Å². The normalized spacial score (nSPS) is 13.1. The van der Waals surface area contributed by atoms with E-state index in [1.165, 1.54) is 0 Å². The molecule has 0 saturated carbocycles. The standard InChI is InChI=1S/C16H17NO2/c1-12(17-18)15-10-6-7-11-16(15)19-13(2)14-8-4-3-5-9-14/h3-11,13,18H,1-2H3. The summed E-state index contributed by atoms with van der Waals surface area (Å²) in [7, 11) is 0. The van der Waals surface area contributed by atoms with E-state index in [2.05, 4.69) is 5.16 Å². The second-order valence-corrected chi connectivity index (χ2v) is 4.35. The molecular formula is C16H17NO2. The molecule has 0 aromatic heterocycles. The van der Waals surface area contributed by atoms with Crippen molar-refractivity contribution in [2.24, 2.45) is 5.16 Å². The van der Waals surface area contributed by atoms with Crippen LogP contribution in [0.3, 0.4) is 0 Å². The van der Waals surface area contributed by atoms with Gasteiger partial charge in [-0.2, -0.15) is 0 Å². The topological polar surface area (TPSA) is 41.8 Å². The van der Waals surface area contributed by atoms with Crippen molar-refractivity contribution in [2.45, 2.75) is 20.0 Å². The molecule has 0 aliphatic heterocycles. The second-order valence-electron chi connectivity index (χ2n) is 4.35. The van der Waals surface area contributed by atoms with Crippen molar-refractivity contribution in [3.05, 3.63) is 65.7 Å². The predicted octanol–water partition coefficient (Wildman–Crippen LogP) is 4.02. The number of oxime groups is 1. The van der Waals surface area contributed by atoms with Crippen molar-refractivity contribution in [2.75, 3.05) is 0 Å². The van der Waals surface area contributed by atoms with Crippen LogP contribution in [-0.4, -0.2) is 10.9 Å². The van der Waals surface area contributed by atoms with Crippen molar-refractivity contribution >= 4 is 5.71 Å². The average molecular weight is 255 g/mol. The molecule has 3 nitrogen and oxygen atoms in total. The van der Waals surface area contributed by atoms with Gasteiger partial charge in [0.25, 0.3) is 0 Å². The lowest BCUT2D eigenvalue weighted by Crippen LogP contribution is -2.06. The maximum absolute atomic E-state index is 8.90. The van der Waals surface area contributed by atoms with Gasteiger partial charge in [-0.1, -0.05) is 47.6 Å². The van der Waals surface area contributed by atoms with Crippen LogP contribution >= 0.6 is 0 Å². The fourth-order valence-corrected chi connectivity index (χ4v) is 1.90. The molecule has 0 fully saturated rings. The number of hydrogen-bond donors (Lipinski definition) is 1. The van der Waals surface area contributed by atoms with E-state index < -0.39 is 0 Å². The Balaban J connectivity index is 2.24. The highest BCUT2D eigenvalue weighted by Crippen LogP contribution is 2.25. The highest BCUT2D eigenvalue weighted by atomic mass is 16.5. The molecule has 1 N–H and O–H groups in total.